The van der Waals surface area contributed by atoms with Gasteiger partial charge in [-0.15, -0.1) is 11.8 Å². The molecule has 0 unspecified atom stereocenters. The Morgan fingerprint density at radius 1 is 1.29 bits per heavy atom. The number of carbonyl (C=O) groups is 2. The fourth-order valence-corrected chi connectivity index (χ4v) is 1.85. The van der Waals surface area contributed by atoms with E-state index in [2.05, 4.69) is 5.32 Å². The second-order valence-electron chi connectivity index (χ2n) is 3.59. The summed E-state index contributed by atoms with van der Waals surface area (Å²) in [5.41, 5.74) is 2.20. The highest BCUT2D eigenvalue weighted by atomic mass is 32.2. The number of carboxylic acid groups (broad SMARTS) is 1. The van der Waals surface area contributed by atoms with Crippen LogP contribution < -0.4 is 5.32 Å². The molecule has 92 valence electrons. The molecule has 5 heteroatoms. The van der Waals surface area contributed by atoms with Crippen LogP contribution in [0.5, 0.6) is 0 Å². The van der Waals surface area contributed by atoms with Crippen molar-refractivity contribution in [3.63, 3.8) is 0 Å². The highest BCUT2D eigenvalue weighted by Crippen LogP contribution is 2.06. The molecule has 0 aliphatic rings. The molecule has 0 aliphatic carbocycles. The molecule has 17 heavy (non-hydrogen) atoms. The van der Waals surface area contributed by atoms with Crippen LogP contribution in [-0.2, 0) is 16.1 Å². The van der Waals surface area contributed by atoms with E-state index in [1.165, 1.54) is 0 Å². The topological polar surface area (TPSA) is 66.4 Å². The zero-order valence-electron chi connectivity index (χ0n) is 9.60. The predicted octanol–water partition coefficient (Wildman–Crippen LogP) is 1.43. The van der Waals surface area contributed by atoms with Gasteiger partial charge in [-0.2, -0.15) is 0 Å². The Labute approximate surface area is 104 Å². The van der Waals surface area contributed by atoms with Gasteiger partial charge < -0.3 is 10.4 Å². The number of amides is 1. The summed E-state index contributed by atoms with van der Waals surface area (Å²) in [4.78, 5) is 21.6. The van der Waals surface area contributed by atoms with E-state index in [-0.39, 0.29) is 17.4 Å². The molecule has 0 fully saturated rings. The smallest absolute Gasteiger partial charge is 0.313 e. The molecule has 0 atom stereocenters. The average Bonchev–Trinajstić information content (AvgIpc) is 2.27. The largest absolute Gasteiger partial charge is 0.481 e. The van der Waals surface area contributed by atoms with Crippen LogP contribution in [0, 0.1) is 6.92 Å². The van der Waals surface area contributed by atoms with Crippen LogP contribution in [0.2, 0.25) is 0 Å². The van der Waals surface area contributed by atoms with Crippen molar-refractivity contribution >= 4 is 23.6 Å². The summed E-state index contributed by atoms with van der Waals surface area (Å²) < 4.78 is 0. The van der Waals surface area contributed by atoms with Gasteiger partial charge in [-0.1, -0.05) is 24.3 Å². The molecule has 2 N–H and O–H groups in total. The molecule has 0 bridgehead atoms. The van der Waals surface area contributed by atoms with E-state index in [1.807, 2.05) is 31.2 Å². The van der Waals surface area contributed by atoms with Gasteiger partial charge in [-0.25, -0.2) is 0 Å². The van der Waals surface area contributed by atoms with E-state index < -0.39 is 5.97 Å². The van der Waals surface area contributed by atoms with Gasteiger partial charge in [-0.3, -0.25) is 9.59 Å². The van der Waals surface area contributed by atoms with Crippen molar-refractivity contribution in [3.05, 3.63) is 35.4 Å². The van der Waals surface area contributed by atoms with Crippen molar-refractivity contribution < 1.29 is 14.7 Å². The molecule has 0 aliphatic heterocycles. The SMILES string of the molecule is Cc1ccccc1CNC(=O)CSCC(=O)O. The number of hydrogen-bond donors (Lipinski definition) is 2. The summed E-state index contributed by atoms with van der Waals surface area (Å²) in [6.07, 6.45) is 0. The fourth-order valence-electron chi connectivity index (χ4n) is 1.28. The second-order valence-corrected chi connectivity index (χ2v) is 4.58. The fraction of sp³-hybridized carbons (Fsp3) is 0.333. The number of nitrogens with one attached hydrogen (secondary N) is 1. The third kappa shape index (κ3) is 5.40. The van der Waals surface area contributed by atoms with Crippen LogP contribution in [0.4, 0.5) is 0 Å². The third-order valence-electron chi connectivity index (χ3n) is 2.20. The Hall–Kier alpha value is -1.49. The van der Waals surface area contributed by atoms with Gasteiger partial charge in [0, 0.05) is 6.54 Å². The molecule has 0 saturated heterocycles. The van der Waals surface area contributed by atoms with E-state index in [0.29, 0.717) is 6.54 Å². The lowest BCUT2D eigenvalue weighted by atomic mass is 10.1. The molecule has 4 nitrogen and oxygen atoms in total. The number of benzene rings is 1. The third-order valence-corrected chi connectivity index (χ3v) is 3.11. The van der Waals surface area contributed by atoms with Crippen molar-refractivity contribution in [1.29, 1.82) is 0 Å². The number of hydrogen-bond acceptors (Lipinski definition) is 3. The maximum Gasteiger partial charge on any atom is 0.313 e. The molecule has 1 aromatic carbocycles. The van der Waals surface area contributed by atoms with Gasteiger partial charge in [0.15, 0.2) is 0 Å². The molecule has 1 rings (SSSR count). The normalized spacial score (nSPS) is 9.94. The predicted molar refractivity (Wildman–Crippen MR) is 68.0 cm³/mol. The van der Waals surface area contributed by atoms with Crippen molar-refractivity contribution in [2.24, 2.45) is 0 Å². The van der Waals surface area contributed by atoms with Crippen molar-refractivity contribution in [1.82, 2.24) is 5.32 Å². The zero-order valence-corrected chi connectivity index (χ0v) is 10.4. The molecule has 1 aromatic rings. The number of thioether (sulfide) groups is 1. The first kappa shape index (κ1) is 13.6. The minimum Gasteiger partial charge on any atom is -0.481 e. The summed E-state index contributed by atoms with van der Waals surface area (Å²) >= 11 is 1.10. The Morgan fingerprint density at radius 3 is 2.65 bits per heavy atom. The first-order valence-electron chi connectivity index (χ1n) is 5.20. The van der Waals surface area contributed by atoms with Crippen molar-refractivity contribution in [2.45, 2.75) is 13.5 Å². The van der Waals surface area contributed by atoms with E-state index in [9.17, 15) is 9.59 Å². The quantitative estimate of drug-likeness (QED) is 0.805. The zero-order chi connectivity index (χ0) is 12.7. The Kier molecular flexibility index (Phi) is 5.56. The van der Waals surface area contributed by atoms with Crippen molar-refractivity contribution in [3.8, 4) is 0 Å². The summed E-state index contributed by atoms with van der Waals surface area (Å²) in [5.74, 6) is -0.906. The Morgan fingerprint density at radius 2 is 2.00 bits per heavy atom. The Balaban J connectivity index is 2.29. The van der Waals surface area contributed by atoms with Gasteiger partial charge in [0.25, 0.3) is 0 Å². The lowest BCUT2D eigenvalue weighted by molar-refractivity contribution is -0.133. The highest BCUT2D eigenvalue weighted by molar-refractivity contribution is 8.00. The van der Waals surface area contributed by atoms with Crippen LogP contribution in [0.25, 0.3) is 0 Å². The first-order chi connectivity index (χ1) is 8.09. The van der Waals surface area contributed by atoms with Gasteiger partial charge in [0.1, 0.15) is 0 Å². The van der Waals surface area contributed by atoms with E-state index in [1.54, 1.807) is 0 Å². The van der Waals surface area contributed by atoms with Crippen molar-refractivity contribution in [2.75, 3.05) is 11.5 Å². The summed E-state index contributed by atoms with van der Waals surface area (Å²) in [6, 6.07) is 7.82. The average molecular weight is 253 g/mol. The highest BCUT2D eigenvalue weighted by Gasteiger charge is 2.04. The molecular formula is C12H15NO3S. The van der Waals surface area contributed by atoms with Crippen LogP contribution >= 0.6 is 11.8 Å². The van der Waals surface area contributed by atoms with E-state index in [0.717, 1.165) is 22.9 Å². The number of carboxylic acids is 1. The van der Waals surface area contributed by atoms with Crippen LogP contribution in [-0.4, -0.2) is 28.5 Å². The Bertz CT molecular complexity index is 406. The number of rotatable bonds is 6. The standard InChI is InChI=1S/C12H15NO3S/c1-9-4-2-3-5-10(9)6-13-11(14)7-17-8-12(15)16/h2-5H,6-8H2,1H3,(H,13,14)(H,15,16). The van der Waals surface area contributed by atoms with Crippen LogP contribution in [0.15, 0.2) is 24.3 Å². The second kappa shape index (κ2) is 6.96. The van der Waals surface area contributed by atoms with Gasteiger partial charge in [0.2, 0.25) is 5.91 Å². The molecular weight excluding hydrogens is 238 g/mol. The molecule has 0 aromatic heterocycles. The maximum atomic E-state index is 11.4. The molecule has 0 spiro atoms. The van der Waals surface area contributed by atoms with Gasteiger partial charge >= 0.3 is 5.97 Å². The summed E-state index contributed by atoms with van der Waals surface area (Å²) in [6.45, 7) is 2.47. The summed E-state index contributed by atoms with van der Waals surface area (Å²) in [5, 5.41) is 11.2. The lowest BCUT2D eigenvalue weighted by Crippen LogP contribution is -2.25. The van der Waals surface area contributed by atoms with E-state index >= 15 is 0 Å². The monoisotopic (exact) mass is 253 g/mol. The number of carbonyl (C=O) groups excluding carboxylic acids is 1. The number of aryl methyl sites for hydroxylation is 1. The first-order valence-corrected chi connectivity index (χ1v) is 6.36. The van der Waals surface area contributed by atoms with Crippen LogP contribution in [0.3, 0.4) is 0 Å². The van der Waals surface area contributed by atoms with Gasteiger partial charge in [-0.05, 0) is 18.1 Å². The summed E-state index contributed by atoms with van der Waals surface area (Å²) in [7, 11) is 0. The molecule has 0 saturated carbocycles. The minimum atomic E-state index is -0.901. The maximum absolute atomic E-state index is 11.4. The lowest BCUT2D eigenvalue weighted by Gasteiger charge is -2.07. The number of aliphatic carboxylic acids is 1. The van der Waals surface area contributed by atoms with Gasteiger partial charge in [0.05, 0.1) is 11.5 Å². The minimum absolute atomic E-state index is 0.0439. The molecule has 1 amide bonds. The molecule has 0 heterocycles. The molecule has 0 radical (unpaired) electrons. The van der Waals surface area contributed by atoms with Crippen LogP contribution in [0.1, 0.15) is 11.1 Å². The van der Waals surface area contributed by atoms with E-state index in [4.69, 9.17) is 5.11 Å².